The third-order valence-corrected chi connectivity index (χ3v) is 6.48. The van der Waals surface area contributed by atoms with E-state index in [0.717, 1.165) is 41.8 Å². The fraction of sp³-hybridized carbons (Fsp3) is 0.222. The van der Waals surface area contributed by atoms with Crippen molar-refractivity contribution in [2.45, 2.75) is 38.9 Å². The van der Waals surface area contributed by atoms with Crippen LogP contribution in [0.3, 0.4) is 0 Å². The van der Waals surface area contributed by atoms with Gasteiger partial charge in [0.25, 0.3) is 5.91 Å². The van der Waals surface area contributed by atoms with Crippen LogP contribution in [0, 0.1) is 30.9 Å². The van der Waals surface area contributed by atoms with E-state index in [1.54, 1.807) is 22.8 Å². The Labute approximate surface area is 201 Å². The number of aromatic nitrogens is 3. The highest BCUT2D eigenvalue weighted by atomic mass is 19.2. The Hall–Kier alpha value is -4.09. The first-order valence-corrected chi connectivity index (χ1v) is 11.3. The number of hydrogen-bond donors (Lipinski definition) is 2. The summed E-state index contributed by atoms with van der Waals surface area (Å²) < 4.78 is 28.3. The van der Waals surface area contributed by atoms with E-state index >= 15 is 0 Å². The summed E-state index contributed by atoms with van der Waals surface area (Å²) in [5.74, 6) is 0.447. The van der Waals surface area contributed by atoms with Gasteiger partial charge in [-0.05, 0) is 66.3 Å². The molecule has 0 fully saturated rings. The quantitative estimate of drug-likeness (QED) is 0.417. The van der Waals surface area contributed by atoms with Crippen molar-refractivity contribution in [2.24, 2.45) is 0 Å². The highest BCUT2D eigenvalue weighted by molar-refractivity contribution is 5.92. The normalized spacial score (nSPS) is 14.6. The van der Waals surface area contributed by atoms with E-state index in [1.165, 1.54) is 17.2 Å². The first kappa shape index (κ1) is 22.7. The highest BCUT2D eigenvalue weighted by Crippen LogP contribution is 2.34. The molecule has 1 aliphatic rings. The Kier molecular flexibility index (Phi) is 6.01. The molecule has 1 aliphatic carbocycles. The number of nitrogens with one attached hydrogen (secondary N) is 2. The van der Waals surface area contributed by atoms with Crippen molar-refractivity contribution in [2.75, 3.05) is 0 Å². The van der Waals surface area contributed by atoms with Gasteiger partial charge in [0.15, 0.2) is 17.3 Å². The van der Waals surface area contributed by atoms with Crippen LogP contribution in [0.4, 0.5) is 8.78 Å². The predicted octanol–water partition coefficient (Wildman–Crippen LogP) is 4.00. The maximum atomic E-state index is 13.5. The van der Waals surface area contributed by atoms with Gasteiger partial charge in [-0.25, -0.2) is 18.3 Å². The Morgan fingerprint density at radius 1 is 1.17 bits per heavy atom. The average molecular weight is 472 g/mol. The second kappa shape index (κ2) is 9.28. The number of hydrogen-bond acceptors (Lipinski definition) is 4. The SMILES string of the molecule is C#Cc1ccc2c(c1C)CC[C@@H]2NCc1cc(C(=O)NCc2ccc(F)c(F)c2)nc2ccnn12. The molecule has 35 heavy (non-hydrogen) atoms. The number of carbonyl (C=O) groups is 1. The maximum absolute atomic E-state index is 13.5. The zero-order valence-electron chi connectivity index (χ0n) is 19.1. The smallest absolute Gasteiger partial charge is 0.270 e. The van der Waals surface area contributed by atoms with Gasteiger partial charge in [-0.2, -0.15) is 5.10 Å². The van der Waals surface area contributed by atoms with Crippen LogP contribution in [-0.2, 0) is 19.5 Å². The Morgan fingerprint density at radius 2 is 2.03 bits per heavy atom. The number of nitrogens with zero attached hydrogens (tertiary/aromatic N) is 3. The van der Waals surface area contributed by atoms with Gasteiger partial charge in [-0.1, -0.05) is 18.1 Å². The molecule has 2 heterocycles. The van der Waals surface area contributed by atoms with E-state index < -0.39 is 17.5 Å². The molecule has 1 atom stereocenters. The standard InChI is InChI=1S/C27H23F2N5O/c1-3-18-5-6-21-20(16(18)2)7-9-24(21)30-15-19-13-25(33-26-10-11-32-34(19)26)27(35)31-14-17-4-8-22(28)23(29)12-17/h1,4-6,8,10-13,24,30H,7,9,14-15H2,2H3,(H,31,35)/t24-/m0/s1. The van der Waals surface area contributed by atoms with E-state index in [4.69, 9.17) is 6.42 Å². The minimum Gasteiger partial charge on any atom is -0.347 e. The van der Waals surface area contributed by atoms with Gasteiger partial charge in [0.1, 0.15) is 5.69 Å². The van der Waals surface area contributed by atoms with Crippen LogP contribution in [0.2, 0.25) is 0 Å². The molecule has 6 nitrogen and oxygen atoms in total. The molecule has 2 aromatic carbocycles. The predicted molar refractivity (Wildman–Crippen MR) is 128 cm³/mol. The average Bonchev–Trinajstić information content (AvgIpc) is 3.50. The number of carbonyl (C=O) groups excluding carboxylic acids is 1. The summed E-state index contributed by atoms with van der Waals surface area (Å²) in [6.45, 7) is 2.59. The molecule has 0 bridgehead atoms. The highest BCUT2D eigenvalue weighted by Gasteiger charge is 2.25. The molecule has 176 valence electrons. The van der Waals surface area contributed by atoms with Gasteiger partial charge in [0.2, 0.25) is 0 Å². The molecule has 0 saturated carbocycles. The van der Waals surface area contributed by atoms with E-state index in [1.807, 2.05) is 6.07 Å². The summed E-state index contributed by atoms with van der Waals surface area (Å²) in [4.78, 5) is 17.2. The first-order chi connectivity index (χ1) is 16.9. The number of fused-ring (bicyclic) bond motifs is 2. The fourth-order valence-corrected chi connectivity index (χ4v) is 4.62. The summed E-state index contributed by atoms with van der Waals surface area (Å²) in [5, 5.41) is 10.6. The number of halogens is 2. The summed E-state index contributed by atoms with van der Waals surface area (Å²) >= 11 is 0. The molecule has 2 N–H and O–H groups in total. The van der Waals surface area contributed by atoms with Crippen LogP contribution in [0.15, 0.2) is 48.7 Å². The minimum absolute atomic E-state index is 0.0492. The summed E-state index contributed by atoms with van der Waals surface area (Å²) in [6, 6.07) is 11.2. The van der Waals surface area contributed by atoms with Gasteiger partial charge in [0.05, 0.1) is 11.9 Å². The molecule has 0 unspecified atom stereocenters. The Morgan fingerprint density at radius 3 is 2.83 bits per heavy atom. The third kappa shape index (κ3) is 4.38. The Balaban J connectivity index is 1.33. The van der Waals surface area contributed by atoms with Crippen LogP contribution in [0.25, 0.3) is 5.65 Å². The number of benzene rings is 2. The Bertz CT molecular complexity index is 1490. The van der Waals surface area contributed by atoms with Crippen molar-refractivity contribution in [3.63, 3.8) is 0 Å². The molecule has 0 spiro atoms. The largest absolute Gasteiger partial charge is 0.347 e. The van der Waals surface area contributed by atoms with Crippen LogP contribution >= 0.6 is 0 Å². The van der Waals surface area contributed by atoms with Crippen LogP contribution < -0.4 is 10.6 Å². The first-order valence-electron chi connectivity index (χ1n) is 11.3. The molecule has 5 rings (SSSR count). The lowest BCUT2D eigenvalue weighted by atomic mass is 9.98. The van der Waals surface area contributed by atoms with Gasteiger partial charge >= 0.3 is 0 Å². The van der Waals surface area contributed by atoms with Gasteiger partial charge in [-0.3, -0.25) is 4.79 Å². The summed E-state index contributed by atoms with van der Waals surface area (Å²) in [6.07, 6.45) is 9.16. The lowest BCUT2D eigenvalue weighted by Crippen LogP contribution is -2.26. The maximum Gasteiger partial charge on any atom is 0.270 e. The fourth-order valence-electron chi connectivity index (χ4n) is 4.62. The monoisotopic (exact) mass is 471 g/mol. The summed E-state index contributed by atoms with van der Waals surface area (Å²) in [7, 11) is 0. The van der Waals surface area contributed by atoms with Crippen molar-refractivity contribution in [3.05, 3.63) is 99.5 Å². The molecule has 1 amide bonds. The van der Waals surface area contributed by atoms with Crippen LogP contribution in [0.5, 0.6) is 0 Å². The van der Waals surface area contributed by atoms with Crippen LogP contribution in [-0.4, -0.2) is 20.5 Å². The van der Waals surface area contributed by atoms with Crippen LogP contribution in [0.1, 0.15) is 56.5 Å². The van der Waals surface area contributed by atoms with Gasteiger partial charge < -0.3 is 10.6 Å². The lowest BCUT2D eigenvalue weighted by molar-refractivity contribution is 0.0946. The number of terminal acetylenes is 1. The van der Waals surface area contributed by atoms with E-state index in [2.05, 4.69) is 39.6 Å². The molecular weight excluding hydrogens is 448 g/mol. The summed E-state index contributed by atoms with van der Waals surface area (Å²) in [5.41, 5.74) is 6.63. The van der Waals surface area contributed by atoms with Crippen molar-refractivity contribution >= 4 is 11.6 Å². The molecule has 0 radical (unpaired) electrons. The molecule has 0 aliphatic heterocycles. The zero-order chi connectivity index (χ0) is 24.5. The topological polar surface area (TPSA) is 71.3 Å². The molecular formula is C27H23F2N5O. The van der Waals surface area contributed by atoms with E-state index in [0.29, 0.717) is 17.8 Å². The molecule has 4 aromatic rings. The van der Waals surface area contributed by atoms with Crippen molar-refractivity contribution in [1.82, 2.24) is 25.2 Å². The van der Waals surface area contributed by atoms with E-state index in [-0.39, 0.29) is 18.3 Å². The van der Waals surface area contributed by atoms with Crippen molar-refractivity contribution in [1.29, 1.82) is 0 Å². The second-order valence-corrected chi connectivity index (χ2v) is 8.59. The molecule has 8 heteroatoms. The minimum atomic E-state index is -0.955. The number of amides is 1. The zero-order valence-corrected chi connectivity index (χ0v) is 19.1. The van der Waals surface area contributed by atoms with Crippen molar-refractivity contribution < 1.29 is 13.6 Å². The van der Waals surface area contributed by atoms with Gasteiger partial charge in [-0.15, -0.1) is 6.42 Å². The second-order valence-electron chi connectivity index (χ2n) is 8.59. The van der Waals surface area contributed by atoms with E-state index in [9.17, 15) is 13.6 Å². The van der Waals surface area contributed by atoms with Gasteiger partial charge in [0, 0.05) is 30.8 Å². The molecule has 2 aromatic heterocycles. The third-order valence-electron chi connectivity index (χ3n) is 6.48. The lowest BCUT2D eigenvalue weighted by Gasteiger charge is -2.16. The number of rotatable bonds is 6. The molecule has 0 saturated heterocycles. The van der Waals surface area contributed by atoms with Crippen molar-refractivity contribution in [3.8, 4) is 12.3 Å².